The second-order valence-electron chi connectivity index (χ2n) is 6.51. The number of hydrogen-bond donors (Lipinski definition) is 3. The Morgan fingerprint density at radius 2 is 1.88 bits per heavy atom. The van der Waals surface area contributed by atoms with Gasteiger partial charge in [0.05, 0.1) is 11.3 Å². The standard InChI is InChI=1S/C16H23F3N4O3/c1-6-20-11-7-10(16(17,18)19)8-21-12(11)23-13(24)9(2)22-14(25)26-15(3,4)5/h7-9,20H,6H2,1-5H3,(H,22,25)(H,21,23,24). The summed E-state index contributed by atoms with van der Waals surface area (Å²) in [6, 6.07) is -0.124. The van der Waals surface area contributed by atoms with Crippen LogP contribution in [0.1, 0.15) is 40.2 Å². The van der Waals surface area contributed by atoms with Gasteiger partial charge >= 0.3 is 12.3 Å². The Balaban J connectivity index is 2.86. The van der Waals surface area contributed by atoms with Crippen molar-refractivity contribution < 1.29 is 27.5 Å². The lowest BCUT2D eigenvalue weighted by molar-refractivity contribution is -0.137. The first-order valence-corrected chi connectivity index (χ1v) is 7.95. The Labute approximate surface area is 149 Å². The van der Waals surface area contributed by atoms with E-state index in [1.807, 2.05) is 0 Å². The molecule has 3 N–H and O–H groups in total. The zero-order valence-corrected chi connectivity index (χ0v) is 15.2. The molecule has 1 aromatic heterocycles. The Bertz CT molecular complexity index is 657. The summed E-state index contributed by atoms with van der Waals surface area (Å²) in [4.78, 5) is 27.5. The highest BCUT2D eigenvalue weighted by molar-refractivity contribution is 5.97. The van der Waals surface area contributed by atoms with Crippen LogP contribution in [0.25, 0.3) is 0 Å². The molecule has 0 aliphatic heterocycles. The van der Waals surface area contributed by atoms with Gasteiger partial charge in [-0.2, -0.15) is 13.2 Å². The quantitative estimate of drug-likeness (QED) is 0.733. The highest BCUT2D eigenvalue weighted by atomic mass is 19.4. The molecule has 0 bridgehead atoms. The predicted octanol–water partition coefficient (Wildman–Crippen LogP) is 3.38. The van der Waals surface area contributed by atoms with Crippen molar-refractivity contribution in [2.24, 2.45) is 0 Å². The molecule has 26 heavy (non-hydrogen) atoms. The van der Waals surface area contributed by atoms with Gasteiger partial charge in [0.1, 0.15) is 11.6 Å². The number of anilines is 2. The maximum Gasteiger partial charge on any atom is 0.417 e. The van der Waals surface area contributed by atoms with E-state index in [1.54, 1.807) is 27.7 Å². The molecule has 1 unspecified atom stereocenters. The Kier molecular flexibility index (Phi) is 6.82. The molecular formula is C16H23F3N4O3. The molecule has 10 heteroatoms. The minimum absolute atomic E-state index is 0.0279. The third-order valence-electron chi connectivity index (χ3n) is 2.95. The van der Waals surface area contributed by atoms with Crippen LogP contribution in [0.4, 0.5) is 29.5 Å². The van der Waals surface area contributed by atoms with Crippen LogP contribution in [0.2, 0.25) is 0 Å². The molecule has 0 aromatic carbocycles. The number of rotatable bonds is 5. The summed E-state index contributed by atoms with van der Waals surface area (Å²) in [6.45, 7) is 8.46. The number of alkyl halides is 3. The fraction of sp³-hybridized carbons (Fsp3) is 0.562. The third-order valence-corrected chi connectivity index (χ3v) is 2.95. The number of pyridine rings is 1. The molecule has 0 aliphatic carbocycles. The van der Waals surface area contributed by atoms with Crippen molar-refractivity contribution in [3.63, 3.8) is 0 Å². The number of halogens is 3. The second-order valence-corrected chi connectivity index (χ2v) is 6.51. The van der Waals surface area contributed by atoms with Crippen molar-refractivity contribution in [2.75, 3.05) is 17.2 Å². The lowest BCUT2D eigenvalue weighted by Crippen LogP contribution is -2.44. The average molecular weight is 376 g/mol. The van der Waals surface area contributed by atoms with Crippen LogP contribution >= 0.6 is 0 Å². The predicted molar refractivity (Wildman–Crippen MR) is 90.9 cm³/mol. The van der Waals surface area contributed by atoms with Gasteiger partial charge in [0.25, 0.3) is 0 Å². The largest absolute Gasteiger partial charge is 0.444 e. The average Bonchev–Trinajstić information content (AvgIpc) is 2.45. The first-order chi connectivity index (χ1) is 11.8. The molecule has 0 radical (unpaired) electrons. The van der Waals surface area contributed by atoms with E-state index in [0.29, 0.717) is 12.7 Å². The maximum atomic E-state index is 12.8. The van der Waals surface area contributed by atoms with E-state index in [2.05, 4.69) is 20.9 Å². The molecule has 0 aliphatic rings. The van der Waals surface area contributed by atoms with Crippen molar-refractivity contribution in [1.29, 1.82) is 0 Å². The second kappa shape index (κ2) is 8.24. The van der Waals surface area contributed by atoms with Gasteiger partial charge in [0.15, 0.2) is 5.82 Å². The van der Waals surface area contributed by atoms with Gasteiger partial charge in [-0.3, -0.25) is 4.79 Å². The van der Waals surface area contributed by atoms with Crippen LogP contribution in [-0.2, 0) is 15.7 Å². The van der Waals surface area contributed by atoms with Crippen molar-refractivity contribution in [1.82, 2.24) is 10.3 Å². The van der Waals surface area contributed by atoms with Crippen molar-refractivity contribution >= 4 is 23.5 Å². The SMILES string of the molecule is CCNc1cc(C(F)(F)F)cnc1NC(=O)C(C)NC(=O)OC(C)(C)C. The number of alkyl carbamates (subject to hydrolysis) is 1. The van der Waals surface area contributed by atoms with Crippen molar-refractivity contribution in [2.45, 2.75) is 52.4 Å². The number of carbonyl (C=O) groups excluding carboxylic acids is 2. The highest BCUT2D eigenvalue weighted by Crippen LogP contribution is 2.32. The van der Waals surface area contributed by atoms with E-state index in [-0.39, 0.29) is 11.5 Å². The van der Waals surface area contributed by atoms with E-state index >= 15 is 0 Å². The van der Waals surface area contributed by atoms with E-state index in [9.17, 15) is 22.8 Å². The number of hydrogen-bond acceptors (Lipinski definition) is 5. The summed E-state index contributed by atoms with van der Waals surface area (Å²) in [5, 5.41) is 7.45. The normalized spacial score (nSPS) is 12.9. The summed E-state index contributed by atoms with van der Waals surface area (Å²) < 4.78 is 43.4. The van der Waals surface area contributed by atoms with Gasteiger partial charge in [-0.25, -0.2) is 9.78 Å². The van der Waals surface area contributed by atoms with Crippen LogP contribution in [0.15, 0.2) is 12.3 Å². The van der Waals surface area contributed by atoms with Gasteiger partial charge in [0, 0.05) is 12.7 Å². The highest BCUT2D eigenvalue weighted by Gasteiger charge is 2.32. The van der Waals surface area contributed by atoms with Crippen molar-refractivity contribution in [3.05, 3.63) is 17.8 Å². The van der Waals surface area contributed by atoms with Crippen LogP contribution in [-0.4, -0.2) is 35.2 Å². The summed E-state index contributed by atoms with van der Waals surface area (Å²) in [5.74, 6) is -0.718. The monoisotopic (exact) mass is 376 g/mol. The fourth-order valence-corrected chi connectivity index (χ4v) is 1.82. The van der Waals surface area contributed by atoms with Crippen LogP contribution < -0.4 is 16.0 Å². The summed E-state index contributed by atoms with van der Waals surface area (Å²) >= 11 is 0. The molecule has 1 heterocycles. The van der Waals surface area contributed by atoms with Gasteiger partial charge in [-0.15, -0.1) is 0 Å². The summed E-state index contributed by atoms with van der Waals surface area (Å²) in [7, 11) is 0. The van der Waals surface area contributed by atoms with Crippen LogP contribution in [0.3, 0.4) is 0 Å². The minimum Gasteiger partial charge on any atom is -0.444 e. The van der Waals surface area contributed by atoms with Gasteiger partial charge < -0.3 is 20.7 Å². The first kappa shape index (κ1) is 21.5. The Hall–Kier alpha value is -2.52. The van der Waals surface area contributed by atoms with Crippen molar-refractivity contribution in [3.8, 4) is 0 Å². The molecular weight excluding hydrogens is 353 g/mol. The maximum absolute atomic E-state index is 12.8. The van der Waals surface area contributed by atoms with E-state index in [4.69, 9.17) is 4.74 Å². The molecule has 1 rings (SSSR count). The number of nitrogens with zero attached hydrogens (tertiary/aromatic N) is 1. The van der Waals surface area contributed by atoms with E-state index in [0.717, 1.165) is 6.07 Å². The molecule has 1 atom stereocenters. The smallest absolute Gasteiger partial charge is 0.417 e. The molecule has 146 valence electrons. The Morgan fingerprint density at radius 3 is 2.38 bits per heavy atom. The van der Waals surface area contributed by atoms with Gasteiger partial charge in [-0.05, 0) is 40.7 Å². The third kappa shape index (κ3) is 6.77. The van der Waals surface area contributed by atoms with Crippen LogP contribution in [0, 0.1) is 0 Å². The molecule has 0 spiro atoms. The molecule has 0 fully saturated rings. The fourth-order valence-electron chi connectivity index (χ4n) is 1.82. The number of aromatic nitrogens is 1. The van der Waals surface area contributed by atoms with E-state index in [1.165, 1.54) is 6.92 Å². The minimum atomic E-state index is -4.55. The summed E-state index contributed by atoms with van der Waals surface area (Å²) in [6.07, 6.45) is -4.71. The van der Waals surface area contributed by atoms with Gasteiger partial charge in [0.2, 0.25) is 5.91 Å². The zero-order chi connectivity index (χ0) is 20.1. The first-order valence-electron chi connectivity index (χ1n) is 7.95. The molecule has 0 saturated heterocycles. The molecule has 1 aromatic rings. The van der Waals surface area contributed by atoms with E-state index < -0.39 is 35.4 Å². The number of amides is 2. The topological polar surface area (TPSA) is 92.4 Å². The van der Waals surface area contributed by atoms with Gasteiger partial charge in [-0.1, -0.05) is 0 Å². The zero-order valence-electron chi connectivity index (χ0n) is 15.2. The van der Waals surface area contributed by atoms with Crippen LogP contribution in [0.5, 0.6) is 0 Å². The lowest BCUT2D eigenvalue weighted by atomic mass is 10.2. The summed E-state index contributed by atoms with van der Waals surface area (Å²) in [5.41, 5.74) is -1.64. The molecule has 2 amide bonds. The molecule has 0 saturated carbocycles. The number of nitrogens with one attached hydrogen (secondary N) is 3. The number of ether oxygens (including phenoxy) is 1. The molecule has 7 nitrogen and oxygen atoms in total. The Morgan fingerprint density at radius 1 is 1.27 bits per heavy atom. The lowest BCUT2D eigenvalue weighted by Gasteiger charge is -2.22. The number of carbonyl (C=O) groups is 2.